The van der Waals surface area contributed by atoms with Gasteiger partial charge >= 0.3 is 5.97 Å². The molecule has 0 aliphatic carbocycles. The molecule has 2 amide bonds. The van der Waals surface area contributed by atoms with Crippen molar-refractivity contribution in [2.24, 2.45) is 0 Å². The van der Waals surface area contributed by atoms with E-state index in [-0.39, 0.29) is 30.4 Å². The van der Waals surface area contributed by atoms with Gasteiger partial charge in [0.05, 0.1) is 17.4 Å². The molecule has 0 saturated carbocycles. The van der Waals surface area contributed by atoms with Gasteiger partial charge < -0.3 is 15.0 Å². The first kappa shape index (κ1) is 15.6. The zero-order valence-electron chi connectivity index (χ0n) is 11.8. The number of amides is 2. The molecular formula is C13H17N3O4S. The van der Waals surface area contributed by atoms with Crippen molar-refractivity contribution in [3.8, 4) is 6.07 Å². The van der Waals surface area contributed by atoms with Crippen molar-refractivity contribution in [2.45, 2.75) is 37.1 Å². The van der Waals surface area contributed by atoms with E-state index < -0.39 is 17.9 Å². The number of carbonyl (C=O) groups is 3. The summed E-state index contributed by atoms with van der Waals surface area (Å²) in [6.45, 7) is 1.80. The molecule has 7 nitrogen and oxygen atoms in total. The van der Waals surface area contributed by atoms with Gasteiger partial charge in [0, 0.05) is 18.7 Å². The zero-order chi connectivity index (χ0) is 15.5. The summed E-state index contributed by atoms with van der Waals surface area (Å²) in [5, 5.41) is 10.8. The van der Waals surface area contributed by atoms with E-state index in [0.717, 1.165) is 6.42 Å². The monoisotopic (exact) mass is 311 g/mol. The Bertz CT molecular complexity index is 504. The molecule has 1 N–H and O–H groups in total. The predicted octanol–water partition coefficient (Wildman–Crippen LogP) is 0.0135. The molecule has 114 valence electrons. The van der Waals surface area contributed by atoms with Crippen molar-refractivity contribution in [3.63, 3.8) is 0 Å². The number of hydrogen-bond donors (Lipinski definition) is 1. The molecule has 0 spiro atoms. The molecule has 2 aliphatic rings. The molecule has 2 atom stereocenters. The fraction of sp³-hybridized carbons (Fsp3) is 0.692. The first-order chi connectivity index (χ1) is 9.98. The van der Waals surface area contributed by atoms with Crippen LogP contribution in [0.1, 0.15) is 26.2 Å². The van der Waals surface area contributed by atoms with Crippen LogP contribution in [0.25, 0.3) is 0 Å². The minimum absolute atomic E-state index is 0.0390. The number of rotatable bonds is 5. The van der Waals surface area contributed by atoms with E-state index in [9.17, 15) is 14.4 Å². The molecule has 0 bridgehead atoms. The Kier molecular flexibility index (Phi) is 4.73. The van der Waals surface area contributed by atoms with Crippen molar-refractivity contribution < 1.29 is 19.1 Å². The summed E-state index contributed by atoms with van der Waals surface area (Å²) in [7, 11) is 0. The van der Waals surface area contributed by atoms with Crippen molar-refractivity contribution in [1.29, 1.82) is 5.26 Å². The van der Waals surface area contributed by atoms with Crippen molar-refractivity contribution in [3.05, 3.63) is 0 Å². The number of nitriles is 1. The van der Waals surface area contributed by atoms with Crippen molar-refractivity contribution in [1.82, 2.24) is 10.2 Å². The minimum atomic E-state index is -0.609. The fourth-order valence-corrected chi connectivity index (χ4v) is 3.95. The van der Waals surface area contributed by atoms with Gasteiger partial charge in [-0.15, -0.1) is 11.8 Å². The number of fused-ring (bicyclic) bond motifs is 1. The third kappa shape index (κ3) is 3.29. The summed E-state index contributed by atoms with van der Waals surface area (Å²) in [6.07, 6.45) is 1.39. The number of hydrogen-bond acceptors (Lipinski definition) is 6. The third-order valence-electron chi connectivity index (χ3n) is 3.62. The van der Waals surface area contributed by atoms with Gasteiger partial charge in [-0.3, -0.25) is 9.59 Å². The van der Waals surface area contributed by atoms with Crippen LogP contribution < -0.4 is 5.32 Å². The van der Waals surface area contributed by atoms with Crippen LogP contribution in [0.3, 0.4) is 0 Å². The third-order valence-corrected chi connectivity index (χ3v) is 5.13. The molecule has 0 unspecified atom stereocenters. The van der Waals surface area contributed by atoms with E-state index in [1.54, 1.807) is 16.7 Å². The molecule has 0 aromatic rings. The van der Waals surface area contributed by atoms with Crippen molar-refractivity contribution in [2.75, 3.05) is 18.9 Å². The zero-order valence-corrected chi connectivity index (χ0v) is 12.6. The van der Waals surface area contributed by atoms with Gasteiger partial charge in [0.15, 0.2) is 6.61 Å². The Labute approximate surface area is 127 Å². The van der Waals surface area contributed by atoms with Gasteiger partial charge in [-0.2, -0.15) is 5.26 Å². The van der Waals surface area contributed by atoms with Gasteiger partial charge in [-0.1, -0.05) is 0 Å². The van der Waals surface area contributed by atoms with Gasteiger partial charge in [-0.05, 0) is 13.3 Å². The van der Waals surface area contributed by atoms with Gasteiger partial charge in [0.2, 0.25) is 5.91 Å². The lowest BCUT2D eigenvalue weighted by Gasteiger charge is -2.29. The highest BCUT2D eigenvalue weighted by atomic mass is 32.2. The van der Waals surface area contributed by atoms with Crippen LogP contribution in [-0.2, 0) is 19.1 Å². The van der Waals surface area contributed by atoms with Crippen LogP contribution in [0.2, 0.25) is 0 Å². The van der Waals surface area contributed by atoms with E-state index in [1.165, 1.54) is 0 Å². The number of carbonyl (C=O) groups excluding carboxylic acids is 3. The Hall–Kier alpha value is -1.75. The van der Waals surface area contributed by atoms with Crippen molar-refractivity contribution >= 4 is 29.5 Å². The van der Waals surface area contributed by atoms with Gasteiger partial charge in [-0.25, -0.2) is 4.79 Å². The molecule has 2 fully saturated rings. The summed E-state index contributed by atoms with van der Waals surface area (Å²) in [4.78, 5) is 36.6. The maximum Gasteiger partial charge on any atom is 0.330 e. The standard InChI is InChI=1S/C13H17N3O4S/c1-13-4-3-11(18)16(13)9(8-21-13)12(19)20-7-10(17)15-6-2-5-14/h9H,2-4,6-8H2,1H3,(H,15,17)/t9-,13+/m0/s1. The van der Waals surface area contributed by atoms with E-state index in [4.69, 9.17) is 10.00 Å². The summed E-state index contributed by atoms with van der Waals surface area (Å²) in [5.74, 6) is -0.531. The molecule has 8 heteroatoms. The maximum absolute atomic E-state index is 12.0. The highest BCUT2D eigenvalue weighted by molar-refractivity contribution is 8.01. The highest BCUT2D eigenvalue weighted by Gasteiger charge is 2.53. The predicted molar refractivity (Wildman–Crippen MR) is 74.9 cm³/mol. The largest absolute Gasteiger partial charge is 0.454 e. The highest BCUT2D eigenvalue weighted by Crippen LogP contribution is 2.47. The van der Waals surface area contributed by atoms with Gasteiger partial charge in [0.1, 0.15) is 6.04 Å². The number of nitrogens with zero attached hydrogens (tertiary/aromatic N) is 2. The molecule has 2 saturated heterocycles. The molecule has 0 radical (unpaired) electrons. The maximum atomic E-state index is 12.0. The quantitative estimate of drug-likeness (QED) is 0.567. The lowest BCUT2D eigenvalue weighted by molar-refractivity contribution is -0.156. The lowest BCUT2D eigenvalue weighted by atomic mass is 10.2. The molecule has 0 aromatic carbocycles. The second-order valence-corrected chi connectivity index (χ2v) is 6.63. The summed E-state index contributed by atoms with van der Waals surface area (Å²) in [6, 6.07) is 1.29. The Morgan fingerprint density at radius 3 is 3.10 bits per heavy atom. The van der Waals surface area contributed by atoms with E-state index in [2.05, 4.69) is 5.32 Å². The van der Waals surface area contributed by atoms with Crippen LogP contribution in [0.4, 0.5) is 0 Å². The number of thioether (sulfide) groups is 1. The fourth-order valence-electron chi connectivity index (χ4n) is 2.54. The molecule has 2 heterocycles. The minimum Gasteiger partial charge on any atom is -0.454 e. The van der Waals surface area contributed by atoms with E-state index >= 15 is 0 Å². The Balaban J connectivity index is 1.83. The van der Waals surface area contributed by atoms with Crippen LogP contribution >= 0.6 is 11.8 Å². The summed E-state index contributed by atoms with van der Waals surface area (Å²) in [5.41, 5.74) is 0. The second kappa shape index (κ2) is 6.35. The lowest BCUT2D eigenvalue weighted by Crippen LogP contribution is -2.47. The topological polar surface area (TPSA) is 99.5 Å². The van der Waals surface area contributed by atoms with E-state index in [1.807, 2.05) is 13.0 Å². The summed E-state index contributed by atoms with van der Waals surface area (Å²) < 4.78 is 4.98. The van der Waals surface area contributed by atoms with Crippen LogP contribution in [0.15, 0.2) is 0 Å². The molecule has 0 aromatic heterocycles. The SMILES string of the molecule is C[C@@]12CCC(=O)N1[C@H](C(=O)OCC(=O)NCCC#N)CS2. The van der Waals surface area contributed by atoms with Crippen LogP contribution in [0, 0.1) is 11.3 Å². The normalized spacial score (nSPS) is 27.1. The number of ether oxygens (including phenoxy) is 1. The second-order valence-electron chi connectivity index (χ2n) is 5.13. The number of esters is 1. The average molecular weight is 311 g/mol. The summed E-state index contributed by atoms with van der Waals surface area (Å²) >= 11 is 1.57. The van der Waals surface area contributed by atoms with Gasteiger partial charge in [0.25, 0.3) is 5.91 Å². The average Bonchev–Trinajstić information content (AvgIpc) is 2.94. The molecule has 2 rings (SSSR count). The van der Waals surface area contributed by atoms with Crippen LogP contribution in [0.5, 0.6) is 0 Å². The smallest absolute Gasteiger partial charge is 0.330 e. The molecule has 21 heavy (non-hydrogen) atoms. The first-order valence-electron chi connectivity index (χ1n) is 6.74. The van der Waals surface area contributed by atoms with Crippen LogP contribution in [-0.4, -0.2) is 52.5 Å². The van der Waals surface area contributed by atoms with E-state index in [0.29, 0.717) is 12.2 Å². The Morgan fingerprint density at radius 2 is 2.38 bits per heavy atom. The molecule has 2 aliphatic heterocycles. The molecular weight excluding hydrogens is 294 g/mol. The first-order valence-corrected chi connectivity index (χ1v) is 7.73. The number of nitrogens with one attached hydrogen (secondary N) is 1. The Morgan fingerprint density at radius 1 is 1.62 bits per heavy atom.